The van der Waals surface area contributed by atoms with Gasteiger partial charge in [0.05, 0.1) is 0 Å². The molecule has 0 radical (unpaired) electrons. The predicted molar refractivity (Wildman–Crippen MR) is 106 cm³/mol. The fraction of sp³-hybridized carbons (Fsp3) is 0.190. The number of rotatable bonds is 7. The number of benzene rings is 2. The molecule has 1 heterocycles. The Morgan fingerprint density at radius 2 is 1.86 bits per heavy atom. The molecule has 0 atom stereocenters. The average Bonchev–Trinajstić information content (AvgIpc) is 2.70. The van der Waals surface area contributed by atoms with E-state index in [9.17, 15) is 14.4 Å². The summed E-state index contributed by atoms with van der Waals surface area (Å²) >= 11 is 5.55. The highest BCUT2D eigenvalue weighted by atomic mass is 35.5. The highest BCUT2D eigenvalue weighted by molar-refractivity contribution is 6.17. The molecular weight excluding hydrogens is 382 g/mol. The van der Waals surface area contributed by atoms with Crippen LogP contribution >= 0.6 is 11.6 Å². The summed E-state index contributed by atoms with van der Waals surface area (Å²) in [7, 11) is 0. The molecule has 0 aliphatic carbocycles. The molecule has 0 unspecified atom stereocenters. The topological polar surface area (TPSA) is 85.6 Å². The number of fused-ring (bicyclic) bond motifs is 1. The van der Waals surface area contributed by atoms with Crippen LogP contribution in [0.2, 0.25) is 0 Å². The monoisotopic (exact) mass is 399 g/mol. The second-order valence-electron chi connectivity index (χ2n) is 6.08. The van der Waals surface area contributed by atoms with Crippen LogP contribution in [0.5, 0.6) is 5.75 Å². The van der Waals surface area contributed by atoms with E-state index in [1.165, 1.54) is 12.1 Å². The zero-order chi connectivity index (χ0) is 19.9. The third kappa shape index (κ3) is 4.98. The Morgan fingerprint density at radius 1 is 1.07 bits per heavy atom. The van der Waals surface area contributed by atoms with Crippen LogP contribution < -0.4 is 15.7 Å². The molecule has 1 amide bonds. The van der Waals surface area contributed by atoms with Crippen LogP contribution in [0, 0.1) is 0 Å². The van der Waals surface area contributed by atoms with Gasteiger partial charge in [-0.3, -0.25) is 9.59 Å². The normalized spacial score (nSPS) is 10.6. The zero-order valence-electron chi connectivity index (χ0n) is 14.9. The molecule has 1 aromatic heterocycles. The highest BCUT2D eigenvalue weighted by Gasteiger charge is 2.14. The Morgan fingerprint density at radius 3 is 2.61 bits per heavy atom. The molecule has 0 saturated heterocycles. The maximum atomic E-state index is 12.3. The smallest absolute Gasteiger partial charge is 0.349 e. The first-order valence-electron chi connectivity index (χ1n) is 8.73. The molecule has 0 saturated carbocycles. The SMILES string of the molecule is O=C(CCCCl)Oc1ccc2cc(C(=O)NCc3ccccc3)c(=O)oc2c1. The summed E-state index contributed by atoms with van der Waals surface area (Å²) in [4.78, 5) is 36.2. The molecule has 0 aliphatic rings. The standard InChI is InChI=1S/C21H18ClNO5/c22-10-4-7-19(24)27-16-9-8-15-11-17(21(26)28-18(15)12-16)20(25)23-13-14-5-2-1-3-6-14/h1-3,5-6,8-9,11-12H,4,7,10,13H2,(H,23,25). The molecule has 144 valence electrons. The first kappa shape index (κ1) is 19.6. The fourth-order valence-electron chi connectivity index (χ4n) is 2.58. The van der Waals surface area contributed by atoms with Gasteiger partial charge in [0.1, 0.15) is 16.9 Å². The summed E-state index contributed by atoms with van der Waals surface area (Å²) in [6, 6.07) is 15.5. The van der Waals surface area contributed by atoms with Crippen molar-refractivity contribution in [2.45, 2.75) is 19.4 Å². The molecule has 28 heavy (non-hydrogen) atoms. The number of hydrogen-bond acceptors (Lipinski definition) is 5. The van der Waals surface area contributed by atoms with Crippen molar-refractivity contribution in [1.82, 2.24) is 5.32 Å². The van der Waals surface area contributed by atoms with Gasteiger partial charge in [0.25, 0.3) is 5.91 Å². The summed E-state index contributed by atoms with van der Waals surface area (Å²) < 4.78 is 10.4. The zero-order valence-corrected chi connectivity index (χ0v) is 15.7. The van der Waals surface area contributed by atoms with Crippen molar-refractivity contribution in [2.75, 3.05) is 5.88 Å². The first-order valence-corrected chi connectivity index (χ1v) is 9.27. The molecular formula is C21H18ClNO5. The van der Waals surface area contributed by atoms with Gasteiger partial charge in [-0.15, -0.1) is 11.6 Å². The number of carbonyl (C=O) groups excluding carboxylic acids is 2. The minimum absolute atomic E-state index is 0.0877. The number of halogens is 1. The van der Waals surface area contributed by atoms with Gasteiger partial charge in [0.15, 0.2) is 0 Å². The first-order chi connectivity index (χ1) is 13.6. The van der Waals surface area contributed by atoms with E-state index in [1.807, 2.05) is 30.3 Å². The summed E-state index contributed by atoms with van der Waals surface area (Å²) in [5.41, 5.74) is 0.299. The van der Waals surface area contributed by atoms with E-state index in [1.54, 1.807) is 12.1 Å². The lowest BCUT2D eigenvalue weighted by atomic mass is 10.1. The number of carbonyl (C=O) groups is 2. The van der Waals surface area contributed by atoms with Crippen molar-refractivity contribution >= 4 is 34.4 Å². The number of hydrogen-bond donors (Lipinski definition) is 1. The van der Waals surface area contributed by atoms with Gasteiger partial charge >= 0.3 is 11.6 Å². The van der Waals surface area contributed by atoms with Gasteiger partial charge < -0.3 is 14.5 Å². The molecule has 1 N–H and O–H groups in total. The van der Waals surface area contributed by atoms with Crippen molar-refractivity contribution in [3.63, 3.8) is 0 Å². The van der Waals surface area contributed by atoms with E-state index in [2.05, 4.69) is 5.32 Å². The number of ether oxygens (including phenoxy) is 1. The molecule has 0 spiro atoms. The maximum absolute atomic E-state index is 12.3. The number of amides is 1. The molecule has 0 aliphatic heterocycles. The maximum Gasteiger partial charge on any atom is 0.349 e. The largest absolute Gasteiger partial charge is 0.426 e. The van der Waals surface area contributed by atoms with Crippen molar-refractivity contribution in [1.29, 1.82) is 0 Å². The number of nitrogens with one attached hydrogen (secondary N) is 1. The quantitative estimate of drug-likeness (QED) is 0.283. The van der Waals surface area contributed by atoms with Crippen molar-refractivity contribution in [3.8, 4) is 5.75 Å². The van der Waals surface area contributed by atoms with Crippen LogP contribution in [-0.4, -0.2) is 17.8 Å². The van der Waals surface area contributed by atoms with Crippen LogP contribution in [0.3, 0.4) is 0 Å². The molecule has 3 rings (SSSR count). The van der Waals surface area contributed by atoms with E-state index in [0.717, 1.165) is 5.56 Å². The van der Waals surface area contributed by atoms with Gasteiger partial charge in [-0.2, -0.15) is 0 Å². The second kappa shape index (κ2) is 9.19. The lowest BCUT2D eigenvalue weighted by molar-refractivity contribution is -0.134. The van der Waals surface area contributed by atoms with Gasteiger partial charge in [0, 0.05) is 30.3 Å². The van der Waals surface area contributed by atoms with Gasteiger partial charge in [0.2, 0.25) is 0 Å². The predicted octanol–water partition coefficient (Wildman–Crippen LogP) is 3.65. The van der Waals surface area contributed by atoms with Crippen LogP contribution in [0.25, 0.3) is 11.0 Å². The Hall–Kier alpha value is -3.12. The van der Waals surface area contributed by atoms with Crippen molar-refractivity contribution in [2.24, 2.45) is 0 Å². The fourth-order valence-corrected chi connectivity index (χ4v) is 2.71. The summed E-state index contributed by atoms with van der Waals surface area (Å²) in [6.45, 7) is 0.300. The molecule has 6 nitrogen and oxygen atoms in total. The average molecular weight is 400 g/mol. The Labute approximate surface area is 166 Å². The van der Waals surface area contributed by atoms with E-state index in [4.69, 9.17) is 20.8 Å². The lowest BCUT2D eigenvalue weighted by Crippen LogP contribution is -2.27. The molecule has 0 bridgehead atoms. The minimum Gasteiger partial charge on any atom is -0.426 e. The minimum atomic E-state index is -0.760. The second-order valence-corrected chi connectivity index (χ2v) is 6.46. The van der Waals surface area contributed by atoms with E-state index >= 15 is 0 Å². The van der Waals surface area contributed by atoms with Crippen LogP contribution in [0.15, 0.2) is 63.8 Å². The lowest BCUT2D eigenvalue weighted by Gasteiger charge is -2.07. The van der Waals surface area contributed by atoms with Crippen molar-refractivity contribution in [3.05, 3.63) is 76.1 Å². The molecule has 2 aromatic carbocycles. The van der Waals surface area contributed by atoms with Crippen LogP contribution in [0.4, 0.5) is 0 Å². The van der Waals surface area contributed by atoms with Gasteiger partial charge in [-0.05, 0) is 30.2 Å². The van der Waals surface area contributed by atoms with E-state index < -0.39 is 17.5 Å². The Bertz CT molecular complexity index is 1050. The molecule has 0 fully saturated rings. The van der Waals surface area contributed by atoms with Gasteiger partial charge in [-0.25, -0.2) is 4.79 Å². The van der Waals surface area contributed by atoms with E-state index in [0.29, 0.717) is 24.2 Å². The number of esters is 1. The highest BCUT2D eigenvalue weighted by Crippen LogP contribution is 2.21. The summed E-state index contributed by atoms with van der Waals surface area (Å²) in [5, 5.41) is 3.25. The third-order valence-corrected chi connectivity index (χ3v) is 4.26. The molecule has 3 aromatic rings. The number of alkyl halides is 1. The summed E-state index contributed by atoms with van der Waals surface area (Å²) in [5.74, 6) is -0.302. The third-order valence-electron chi connectivity index (χ3n) is 3.99. The van der Waals surface area contributed by atoms with Crippen LogP contribution in [0.1, 0.15) is 28.8 Å². The van der Waals surface area contributed by atoms with Gasteiger partial charge in [-0.1, -0.05) is 30.3 Å². The molecule has 7 heteroatoms. The van der Waals surface area contributed by atoms with Crippen LogP contribution in [-0.2, 0) is 11.3 Å². The summed E-state index contributed by atoms with van der Waals surface area (Å²) in [6.07, 6.45) is 0.719. The van der Waals surface area contributed by atoms with E-state index in [-0.39, 0.29) is 23.3 Å². The Kier molecular flexibility index (Phi) is 6.45. The van der Waals surface area contributed by atoms with Crippen molar-refractivity contribution < 1.29 is 18.7 Å². The Balaban J connectivity index is 1.75.